The van der Waals surface area contributed by atoms with Crippen LogP contribution in [0.2, 0.25) is 0 Å². The molecule has 2 atom stereocenters. The van der Waals surface area contributed by atoms with Crippen molar-refractivity contribution in [3.05, 3.63) is 28.5 Å². The van der Waals surface area contributed by atoms with Crippen molar-refractivity contribution < 1.29 is 4.79 Å². The maximum absolute atomic E-state index is 12.7. The smallest absolute Gasteiger partial charge is 0.255 e. The molecule has 3 rings (SSSR count). The molecule has 0 unspecified atom stereocenters. The molecule has 3 heterocycles. The third-order valence-corrected chi connectivity index (χ3v) is 4.97. The molecule has 0 spiro atoms. The maximum atomic E-state index is 12.7. The number of hydrogen-bond donors (Lipinski definition) is 0. The van der Waals surface area contributed by atoms with Crippen LogP contribution in [0.3, 0.4) is 0 Å². The number of likely N-dealkylation sites (N-methyl/N-ethyl adjacent to an activating group) is 1. The zero-order valence-electron chi connectivity index (χ0n) is 11.8. The van der Waals surface area contributed by atoms with Crippen molar-refractivity contribution in [2.24, 2.45) is 0 Å². The van der Waals surface area contributed by atoms with E-state index in [1.54, 1.807) is 12.4 Å². The first-order valence-corrected chi connectivity index (χ1v) is 8.08. The summed E-state index contributed by atoms with van der Waals surface area (Å²) in [7, 11) is 2.18. The molecule has 1 amide bonds. The molecule has 0 saturated carbocycles. The fourth-order valence-corrected chi connectivity index (χ4v) is 3.93. The number of hydrogen-bond acceptors (Lipinski definition) is 3. The van der Waals surface area contributed by atoms with Gasteiger partial charge in [0, 0.05) is 35.5 Å². The Morgan fingerprint density at radius 1 is 1.25 bits per heavy atom. The van der Waals surface area contributed by atoms with Crippen molar-refractivity contribution in [3.63, 3.8) is 0 Å². The second-order valence-corrected chi connectivity index (χ2v) is 6.71. The molecule has 0 N–H and O–H groups in total. The minimum Gasteiger partial charge on any atom is -0.334 e. The first-order valence-electron chi connectivity index (χ1n) is 7.28. The van der Waals surface area contributed by atoms with Crippen LogP contribution in [0.25, 0.3) is 0 Å². The van der Waals surface area contributed by atoms with E-state index in [0.717, 1.165) is 30.4 Å². The Labute approximate surface area is 128 Å². The molecule has 5 heteroatoms. The van der Waals surface area contributed by atoms with Crippen LogP contribution in [-0.4, -0.2) is 52.9 Å². The summed E-state index contributed by atoms with van der Waals surface area (Å²) in [5.74, 6) is 0.126. The third kappa shape index (κ3) is 2.61. The van der Waals surface area contributed by atoms with E-state index in [4.69, 9.17) is 0 Å². The van der Waals surface area contributed by atoms with Crippen LogP contribution in [0.5, 0.6) is 0 Å². The van der Waals surface area contributed by atoms with E-state index < -0.39 is 0 Å². The molecule has 0 bridgehead atoms. The van der Waals surface area contributed by atoms with Crippen LogP contribution < -0.4 is 0 Å². The zero-order chi connectivity index (χ0) is 14.1. The van der Waals surface area contributed by atoms with Crippen molar-refractivity contribution in [2.75, 3.05) is 20.1 Å². The highest BCUT2D eigenvalue weighted by Crippen LogP contribution is 2.30. The van der Waals surface area contributed by atoms with Crippen molar-refractivity contribution in [1.82, 2.24) is 14.8 Å². The van der Waals surface area contributed by atoms with Gasteiger partial charge in [-0.1, -0.05) is 0 Å². The Morgan fingerprint density at radius 3 is 2.70 bits per heavy atom. The summed E-state index contributed by atoms with van der Waals surface area (Å²) in [6, 6.07) is 2.76. The van der Waals surface area contributed by atoms with Gasteiger partial charge in [-0.3, -0.25) is 9.78 Å². The summed E-state index contributed by atoms with van der Waals surface area (Å²) in [5, 5.41) is 0. The number of halogens is 1. The van der Waals surface area contributed by atoms with Crippen molar-refractivity contribution >= 4 is 21.8 Å². The summed E-state index contributed by atoms with van der Waals surface area (Å²) < 4.78 is 0.858. The van der Waals surface area contributed by atoms with Gasteiger partial charge in [0.05, 0.1) is 5.56 Å². The molecule has 2 aliphatic heterocycles. The predicted octanol–water partition coefficient (Wildman–Crippen LogP) is 2.54. The van der Waals surface area contributed by atoms with E-state index in [9.17, 15) is 4.79 Å². The topological polar surface area (TPSA) is 36.4 Å². The molecule has 108 valence electrons. The number of carbonyl (C=O) groups excluding carboxylic acids is 1. The standard InChI is InChI=1S/C15H20BrN3O/c1-18-6-2-4-13(18)14-5-3-7-19(14)15(20)11-8-12(16)10-17-9-11/h8-10,13-14H,2-7H2,1H3/t13-,14+/m1/s1. The van der Waals surface area contributed by atoms with Crippen molar-refractivity contribution in [1.29, 1.82) is 0 Å². The number of amides is 1. The van der Waals surface area contributed by atoms with Gasteiger partial charge in [-0.2, -0.15) is 0 Å². The highest BCUT2D eigenvalue weighted by molar-refractivity contribution is 9.10. The average Bonchev–Trinajstić information content (AvgIpc) is 3.06. The third-order valence-electron chi connectivity index (χ3n) is 4.53. The lowest BCUT2D eigenvalue weighted by atomic mass is 10.0. The van der Waals surface area contributed by atoms with E-state index in [0.29, 0.717) is 17.6 Å². The molecule has 2 fully saturated rings. The van der Waals surface area contributed by atoms with E-state index in [1.807, 2.05) is 6.07 Å². The Morgan fingerprint density at radius 2 is 2.00 bits per heavy atom. The number of nitrogens with zero attached hydrogens (tertiary/aromatic N) is 3. The fraction of sp³-hybridized carbons (Fsp3) is 0.600. The van der Waals surface area contributed by atoms with Gasteiger partial charge in [-0.25, -0.2) is 0 Å². The number of pyridine rings is 1. The lowest BCUT2D eigenvalue weighted by molar-refractivity contribution is 0.0664. The van der Waals surface area contributed by atoms with Crippen LogP contribution in [0.4, 0.5) is 0 Å². The van der Waals surface area contributed by atoms with Crippen LogP contribution >= 0.6 is 15.9 Å². The first kappa shape index (κ1) is 14.0. The molecule has 4 nitrogen and oxygen atoms in total. The van der Waals surface area contributed by atoms with Gasteiger partial charge in [0.2, 0.25) is 0 Å². The molecule has 0 aliphatic carbocycles. The predicted molar refractivity (Wildman–Crippen MR) is 81.6 cm³/mol. The number of carbonyl (C=O) groups is 1. The highest BCUT2D eigenvalue weighted by Gasteiger charge is 2.38. The number of likely N-dealkylation sites (tertiary alicyclic amines) is 2. The molecule has 20 heavy (non-hydrogen) atoms. The fourth-order valence-electron chi connectivity index (χ4n) is 3.56. The van der Waals surface area contributed by atoms with Gasteiger partial charge < -0.3 is 9.80 Å². The summed E-state index contributed by atoms with van der Waals surface area (Å²) in [6.07, 6.45) is 8.08. The quantitative estimate of drug-likeness (QED) is 0.832. The van der Waals surface area contributed by atoms with Gasteiger partial charge in [-0.15, -0.1) is 0 Å². The Bertz CT molecular complexity index is 508. The molecule has 2 saturated heterocycles. The number of rotatable bonds is 2. The van der Waals surface area contributed by atoms with Gasteiger partial charge in [0.15, 0.2) is 0 Å². The van der Waals surface area contributed by atoms with E-state index in [1.165, 1.54) is 12.8 Å². The average molecular weight is 338 g/mol. The summed E-state index contributed by atoms with van der Waals surface area (Å²) in [6.45, 7) is 2.03. The van der Waals surface area contributed by atoms with Gasteiger partial charge >= 0.3 is 0 Å². The SMILES string of the molecule is CN1CCC[C@@H]1[C@@H]1CCCN1C(=O)c1cncc(Br)c1. The summed E-state index contributed by atoms with van der Waals surface area (Å²) >= 11 is 3.39. The van der Waals surface area contributed by atoms with E-state index in [2.05, 4.69) is 37.8 Å². The maximum Gasteiger partial charge on any atom is 0.255 e. The monoisotopic (exact) mass is 337 g/mol. The molecular weight excluding hydrogens is 318 g/mol. The molecule has 1 aromatic heterocycles. The molecule has 0 aromatic carbocycles. The van der Waals surface area contributed by atoms with Gasteiger partial charge in [0.25, 0.3) is 5.91 Å². The molecule has 2 aliphatic rings. The second-order valence-electron chi connectivity index (χ2n) is 5.79. The van der Waals surface area contributed by atoms with Crippen molar-refractivity contribution in [3.8, 4) is 0 Å². The second kappa shape index (κ2) is 5.82. The minimum atomic E-state index is 0.126. The van der Waals surface area contributed by atoms with Crippen LogP contribution in [-0.2, 0) is 0 Å². The molecule has 1 aromatic rings. The Kier molecular flexibility index (Phi) is 4.08. The van der Waals surface area contributed by atoms with E-state index in [-0.39, 0.29) is 5.91 Å². The summed E-state index contributed by atoms with van der Waals surface area (Å²) in [4.78, 5) is 21.3. The van der Waals surface area contributed by atoms with Crippen LogP contribution in [0, 0.1) is 0 Å². The van der Waals surface area contributed by atoms with E-state index >= 15 is 0 Å². The van der Waals surface area contributed by atoms with Crippen LogP contribution in [0.1, 0.15) is 36.0 Å². The zero-order valence-corrected chi connectivity index (χ0v) is 13.3. The first-order chi connectivity index (χ1) is 9.66. The Balaban J connectivity index is 1.79. The lowest BCUT2D eigenvalue weighted by Crippen LogP contribution is -2.47. The van der Waals surface area contributed by atoms with Gasteiger partial charge in [-0.05, 0) is 61.3 Å². The largest absolute Gasteiger partial charge is 0.334 e. The number of aromatic nitrogens is 1. The van der Waals surface area contributed by atoms with Crippen molar-refractivity contribution in [2.45, 2.75) is 37.8 Å². The molecule has 0 radical (unpaired) electrons. The lowest BCUT2D eigenvalue weighted by Gasteiger charge is -2.33. The normalized spacial score (nSPS) is 27.2. The minimum absolute atomic E-state index is 0.126. The highest BCUT2D eigenvalue weighted by atomic mass is 79.9. The van der Waals surface area contributed by atoms with Gasteiger partial charge in [0.1, 0.15) is 0 Å². The molecular formula is C15H20BrN3O. The Hall–Kier alpha value is -0.940. The van der Waals surface area contributed by atoms with Crippen LogP contribution in [0.15, 0.2) is 22.9 Å². The summed E-state index contributed by atoms with van der Waals surface area (Å²) in [5.41, 5.74) is 0.687.